The van der Waals surface area contributed by atoms with Gasteiger partial charge in [0.25, 0.3) is 0 Å². The van der Waals surface area contributed by atoms with Crippen LogP contribution in [0.1, 0.15) is 31.2 Å². The molecule has 1 aromatic rings. The lowest BCUT2D eigenvalue weighted by Gasteiger charge is -2.43. The predicted octanol–water partition coefficient (Wildman–Crippen LogP) is 2.55. The zero-order chi connectivity index (χ0) is 15.0. The van der Waals surface area contributed by atoms with Gasteiger partial charge in [0.2, 0.25) is 5.91 Å². The van der Waals surface area contributed by atoms with Gasteiger partial charge in [-0.1, -0.05) is 6.07 Å². The molecule has 2 fully saturated rings. The Hall–Kier alpha value is -1.49. The Kier molecular flexibility index (Phi) is 3.69. The second kappa shape index (κ2) is 5.37. The van der Waals surface area contributed by atoms with Crippen LogP contribution < -0.4 is 0 Å². The van der Waals surface area contributed by atoms with E-state index in [0.717, 1.165) is 50.4 Å². The van der Waals surface area contributed by atoms with Gasteiger partial charge in [-0.3, -0.25) is 9.69 Å². The molecule has 2 saturated heterocycles. The summed E-state index contributed by atoms with van der Waals surface area (Å²) in [6.45, 7) is 2.13. The van der Waals surface area contributed by atoms with Crippen LogP contribution in [0.4, 0.5) is 8.78 Å². The molecule has 2 heterocycles. The van der Waals surface area contributed by atoms with E-state index < -0.39 is 17.2 Å². The van der Waals surface area contributed by atoms with Gasteiger partial charge in [-0.2, -0.15) is 0 Å². The second-order valence-electron chi connectivity index (χ2n) is 6.14. The molecule has 2 aliphatic heterocycles. The molecular formula is C16H20F2N2O. The molecule has 21 heavy (non-hydrogen) atoms. The Balaban J connectivity index is 1.83. The van der Waals surface area contributed by atoms with Crippen molar-refractivity contribution in [1.29, 1.82) is 0 Å². The summed E-state index contributed by atoms with van der Waals surface area (Å²) in [4.78, 5) is 16.6. The van der Waals surface area contributed by atoms with Crippen LogP contribution in [0.2, 0.25) is 0 Å². The van der Waals surface area contributed by atoms with E-state index in [0.29, 0.717) is 6.54 Å². The Morgan fingerprint density at radius 1 is 1.14 bits per heavy atom. The van der Waals surface area contributed by atoms with E-state index >= 15 is 0 Å². The maximum Gasteiger partial charge on any atom is 0.242 e. The molecular weight excluding hydrogens is 274 g/mol. The fraction of sp³-hybridized carbons (Fsp3) is 0.562. The second-order valence-corrected chi connectivity index (χ2v) is 6.14. The van der Waals surface area contributed by atoms with Crippen molar-refractivity contribution >= 4 is 5.91 Å². The number of nitrogens with zero attached hydrogens (tertiary/aromatic N) is 2. The summed E-state index contributed by atoms with van der Waals surface area (Å²) >= 11 is 0. The molecule has 1 spiro atoms. The smallest absolute Gasteiger partial charge is 0.242 e. The SMILES string of the molecule is CN1CCCC2(CCCN2Cc2ccc(F)c(F)c2)C1=O. The lowest BCUT2D eigenvalue weighted by atomic mass is 9.85. The molecule has 3 rings (SSSR count). The first-order chi connectivity index (χ1) is 10.0. The Morgan fingerprint density at radius 3 is 2.57 bits per heavy atom. The maximum atomic E-state index is 13.4. The van der Waals surface area contributed by atoms with Crippen LogP contribution in [0.15, 0.2) is 18.2 Å². The molecule has 1 amide bonds. The molecule has 0 bridgehead atoms. The molecule has 0 N–H and O–H groups in total. The van der Waals surface area contributed by atoms with E-state index in [1.165, 1.54) is 6.07 Å². The van der Waals surface area contributed by atoms with Crippen molar-refractivity contribution in [2.45, 2.75) is 37.8 Å². The van der Waals surface area contributed by atoms with Gasteiger partial charge in [-0.15, -0.1) is 0 Å². The van der Waals surface area contributed by atoms with Gasteiger partial charge in [0.15, 0.2) is 11.6 Å². The molecule has 3 nitrogen and oxygen atoms in total. The first-order valence-corrected chi connectivity index (χ1v) is 7.47. The van der Waals surface area contributed by atoms with Gasteiger partial charge in [0, 0.05) is 20.1 Å². The summed E-state index contributed by atoms with van der Waals surface area (Å²) in [6, 6.07) is 3.99. The van der Waals surface area contributed by atoms with Crippen molar-refractivity contribution in [3.8, 4) is 0 Å². The third-order valence-corrected chi connectivity index (χ3v) is 4.81. The van der Waals surface area contributed by atoms with Crippen molar-refractivity contribution in [1.82, 2.24) is 9.80 Å². The molecule has 0 saturated carbocycles. The third-order valence-electron chi connectivity index (χ3n) is 4.81. The molecule has 114 valence electrons. The van der Waals surface area contributed by atoms with E-state index in [1.54, 1.807) is 11.0 Å². The van der Waals surface area contributed by atoms with Crippen LogP contribution in [0.3, 0.4) is 0 Å². The van der Waals surface area contributed by atoms with Crippen molar-refractivity contribution < 1.29 is 13.6 Å². The maximum absolute atomic E-state index is 13.4. The van der Waals surface area contributed by atoms with E-state index in [-0.39, 0.29) is 5.91 Å². The largest absolute Gasteiger partial charge is 0.344 e. The van der Waals surface area contributed by atoms with Crippen LogP contribution in [0.5, 0.6) is 0 Å². The van der Waals surface area contributed by atoms with Gasteiger partial charge in [-0.05, 0) is 49.9 Å². The van der Waals surface area contributed by atoms with Crippen LogP contribution in [-0.2, 0) is 11.3 Å². The third kappa shape index (κ3) is 2.44. The molecule has 0 aromatic heterocycles. The van der Waals surface area contributed by atoms with Gasteiger partial charge in [0.05, 0.1) is 0 Å². The summed E-state index contributed by atoms with van der Waals surface area (Å²) in [5.74, 6) is -1.48. The minimum Gasteiger partial charge on any atom is -0.344 e. The average Bonchev–Trinajstić information content (AvgIpc) is 2.84. The van der Waals surface area contributed by atoms with Gasteiger partial charge in [-0.25, -0.2) is 8.78 Å². The number of rotatable bonds is 2. The van der Waals surface area contributed by atoms with Crippen molar-refractivity contribution in [2.24, 2.45) is 0 Å². The first-order valence-electron chi connectivity index (χ1n) is 7.47. The lowest BCUT2D eigenvalue weighted by molar-refractivity contribution is -0.146. The molecule has 0 aliphatic carbocycles. The highest BCUT2D eigenvalue weighted by Crippen LogP contribution is 2.38. The van der Waals surface area contributed by atoms with E-state index in [1.807, 2.05) is 7.05 Å². The zero-order valence-electron chi connectivity index (χ0n) is 12.2. The van der Waals surface area contributed by atoms with Crippen molar-refractivity contribution in [3.63, 3.8) is 0 Å². The predicted molar refractivity (Wildman–Crippen MR) is 75.6 cm³/mol. The number of likely N-dealkylation sites (N-methyl/N-ethyl adjacent to an activating group) is 1. The lowest BCUT2D eigenvalue weighted by Crippen LogP contribution is -2.58. The number of carbonyl (C=O) groups excluding carboxylic acids is 1. The monoisotopic (exact) mass is 294 g/mol. The van der Waals surface area contributed by atoms with E-state index in [2.05, 4.69) is 4.90 Å². The summed E-state index contributed by atoms with van der Waals surface area (Å²) in [7, 11) is 1.84. The minimum atomic E-state index is -0.830. The topological polar surface area (TPSA) is 23.6 Å². The number of piperidine rings is 1. The number of carbonyl (C=O) groups is 1. The highest BCUT2D eigenvalue weighted by Gasteiger charge is 2.49. The highest BCUT2D eigenvalue weighted by atomic mass is 19.2. The number of hydrogen-bond donors (Lipinski definition) is 0. The van der Waals surface area contributed by atoms with E-state index in [9.17, 15) is 13.6 Å². The number of amides is 1. The van der Waals surface area contributed by atoms with Crippen LogP contribution in [0.25, 0.3) is 0 Å². The number of likely N-dealkylation sites (tertiary alicyclic amines) is 2. The van der Waals surface area contributed by atoms with Crippen LogP contribution in [-0.4, -0.2) is 41.4 Å². The summed E-state index contributed by atoms with van der Waals surface area (Å²) in [5.41, 5.74) is 0.286. The van der Waals surface area contributed by atoms with Crippen molar-refractivity contribution in [2.75, 3.05) is 20.1 Å². The normalized spacial score (nSPS) is 26.8. The molecule has 0 radical (unpaired) electrons. The first kappa shape index (κ1) is 14.4. The average molecular weight is 294 g/mol. The fourth-order valence-electron chi connectivity index (χ4n) is 3.72. The Morgan fingerprint density at radius 2 is 1.86 bits per heavy atom. The molecule has 2 aliphatic rings. The standard InChI is InChI=1S/C16H20F2N2O/c1-19-8-2-6-16(15(19)21)7-3-9-20(16)11-12-4-5-13(17)14(18)10-12/h4-5,10H,2-3,6-9,11H2,1H3. The molecule has 1 atom stereocenters. The zero-order valence-corrected chi connectivity index (χ0v) is 12.2. The van der Waals surface area contributed by atoms with Crippen molar-refractivity contribution in [3.05, 3.63) is 35.4 Å². The number of hydrogen-bond acceptors (Lipinski definition) is 2. The summed E-state index contributed by atoms with van der Waals surface area (Å²) in [5, 5.41) is 0. The van der Waals surface area contributed by atoms with Gasteiger partial charge in [0.1, 0.15) is 5.54 Å². The highest BCUT2D eigenvalue weighted by molar-refractivity contribution is 5.87. The van der Waals surface area contributed by atoms with E-state index in [4.69, 9.17) is 0 Å². The minimum absolute atomic E-state index is 0.175. The Bertz CT molecular complexity index is 563. The summed E-state index contributed by atoms with van der Waals surface area (Å²) < 4.78 is 26.4. The Labute approximate surface area is 123 Å². The van der Waals surface area contributed by atoms with Gasteiger partial charge < -0.3 is 4.90 Å². The van der Waals surface area contributed by atoms with Gasteiger partial charge >= 0.3 is 0 Å². The quantitative estimate of drug-likeness (QED) is 0.837. The fourth-order valence-corrected chi connectivity index (χ4v) is 3.72. The van der Waals surface area contributed by atoms with Crippen LogP contribution in [0, 0.1) is 11.6 Å². The number of halogens is 2. The molecule has 1 aromatic carbocycles. The molecule has 5 heteroatoms. The van der Waals surface area contributed by atoms with Crippen LogP contribution >= 0.6 is 0 Å². The number of benzene rings is 1. The summed E-state index contributed by atoms with van der Waals surface area (Å²) in [6.07, 6.45) is 3.69. The molecule has 1 unspecified atom stereocenters.